The number of para-hydroxylation sites is 1. The number of anilines is 1. The monoisotopic (exact) mass is 337 g/mol. The minimum atomic E-state index is -0.803. The van der Waals surface area contributed by atoms with E-state index in [9.17, 15) is 14.4 Å². The lowest BCUT2D eigenvalue weighted by molar-refractivity contribution is -0.136. The molecule has 0 heterocycles. The van der Waals surface area contributed by atoms with Gasteiger partial charge in [0.25, 0.3) is 5.91 Å². The Bertz CT molecular complexity index is 786. The summed E-state index contributed by atoms with van der Waals surface area (Å²) in [6.45, 7) is 0.261. The summed E-state index contributed by atoms with van der Waals surface area (Å²) in [6, 6.07) is 16.2. The third-order valence-electron chi connectivity index (χ3n) is 3.83. The minimum Gasteiger partial charge on any atom is -0.349 e. The molecule has 1 aliphatic carbocycles. The van der Waals surface area contributed by atoms with Crippen LogP contribution < -0.4 is 16.0 Å². The molecule has 1 fully saturated rings. The Labute approximate surface area is 145 Å². The highest BCUT2D eigenvalue weighted by molar-refractivity contribution is 6.40. The van der Waals surface area contributed by atoms with E-state index in [1.807, 2.05) is 30.3 Å². The van der Waals surface area contributed by atoms with Crippen LogP contribution in [0.25, 0.3) is 0 Å². The first-order valence-corrected chi connectivity index (χ1v) is 8.16. The molecular weight excluding hydrogens is 318 g/mol. The second-order valence-corrected chi connectivity index (χ2v) is 5.92. The Morgan fingerprint density at radius 1 is 0.880 bits per heavy atom. The molecule has 6 heteroatoms. The number of carbonyl (C=O) groups excluding carboxylic acids is 3. The van der Waals surface area contributed by atoms with Crippen LogP contribution >= 0.6 is 0 Å². The van der Waals surface area contributed by atoms with Crippen molar-refractivity contribution in [1.82, 2.24) is 10.6 Å². The lowest BCUT2D eigenvalue weighted by atomic mass is 10.1. The highest BCUT2D eigenvalue weighted by atomic mass is 16.2. The van der Waals surface area contributed by atoms with Crippen LogP contribution in [0.3, 0.4) is 0 Å². The van der Waals surface area contributed by atoms with Gasteiger partial charge in [-0.1, -0.05) is 42.5 Å². The van der Waals surface area contributed by atoms with Gasteiger partial charge in [-0.25, -0.2) is 0 Å². The van der Waals surface area contributed by atoms with Gasteiger partial charge in [-0.2, -0.15) is 0 Å². The van der Waals surface area contributed by atoms with Crippen molar-refractivity contribution >= 4 is 23.4 Å². The van der Waals surface area contributed by atoms with E-state index in [0.717, 1.165) is 18.4 Å². The van der Waals surface area contributed by atoms with Crippen molar-refractivity contribution in [1.29, 1.82) is 0 Å². The fourth-order valence-electron chi connectivity index (χ4n) is 2.32. The van der Waals surface area contributed by atoms with E-state index in [0.29, 0.717) is 11.3 Å². The molecule has 0 aliphatic heterocycles. The van der Waals surface area contributed by atoms with E-state index in [1.54, 1.807) is 24.3 Å². The molecule has 0 radical (unpaired) electrons. The predicted molar refractivity (Wildman–Crippen MR) is 93.8 cm³/mol. The number of carbonyl (C=O) groups is 3. The lowest BCUT2D eigenvalue weighted by Crippen LogP contribution is -2.35. The first kappa shape index (κ1) is 16.7. The number of hydrogen-bond donors (Lipinski definition) is 3. The average molecular weight is 337 g/mol. The molecule has 6 nitrogen and oxygen atoms in total. The third-order valence-corrected chi connectivity index (χ3v) is 3.83. The van der Waals surface area contributed by atoms with Gasteiger partial charge in [-0.3, -0.25) is 14.4 Å². The highest BCUT2D eigenvalue weighted by Gasteiger charge is 2.25. The van der Waals surface area contributed by atoms with Crippen molar-refractivity contribution < 1.29 is 14.4 Å². The lowest BCUT2D eigenvalue weighted by Gasteiger charge is -2.11. The molecule has 128 valence electrons. The normalized spacial score (nSPS) is 13.0. The summed E-state index contributed by atoms with van der Waals surface area (Å²) >= 11 is 0. The number of amides is 3. The van der Waals surface area contributed by atoms with Crippen LogP contribution in [0.15, 0.2) is 54.6 Å². The summed E-state index contributed by atoms with van der Waals surface area (Å²) in [7, 11) is 0. The van der Waals surface area contributed by atoms with Crippen LogP contribution in [-0.4, -0.2) is 23.8 Å². The molecule has 0 spiro atoms. The molecule has 1 saturated carbocycles. The number of rotatable bonds is 5. The third kappa shape index (κ3) is 4.67. The molecule has 2 aromatic rings. The molecule has 0 unspecified atom stereocenters. The van der Waals surface area contributed by atoms with Crippen LogP contribution in [0.4, 0.5) is 5.69 Å². The zero-order valence-electron chi connectivity index (χ0n) is 13.6. The standard InChI is InChI=1S/C19H19N3O3/c23-17(21-14-10-11-14)15-8-4-5-9-16(15)22-19(25)18(24)20-12-13-6-2-1-3-7-13/h1-9,14H,10-12H2,(H,20,24)(H,21,23)(H,22,25). The molecule has 25 heavy (non-hydrogen) atoms. The van der Waals surface area contributed by atoms with Crippen LogP contribution in [0, 0.1) is 0 Å². The Balaban J connectivity index is 1.60. The number of benzene rings is 2. The molecule has 0 bridgehead atoms. The summed E-state index contributed by atoms with van der Waals surface area (Å²) in [5, 5.41) is 7.94. The van der Waals surface area contributed by atoms with Gasteiger partial charge in [0.15, 0.2) is 0 Å². The van der Waals surface area contributed by atoms with Crippen molar-refractivity contribution in [3.8, 4) is 0 Å². The summed E-state index contributed by atoms with van der Waals surface area (Å²) in [5.74, 6) is -1.80. The van der Waals surface area contributed by atoms with Crippen LogP contribution in [0.5, 0.6) is 0 Å². The molecule has 3 amide bonds. The molecule has 2 aromatic carbocycles. The first-order valence-electron chi connectivity index (χ1n) is 8.16. The minimum absolute atomic E-state index is 0.213. The van der Waals surface area contributed by atoms with E-state index in [-0.39, 0.29) is 18.5 Å². The fraction of sp³-hybridized carbons (Fsp3) is 0.211. The van der Waals surface area contributed by atoms with Crippen LogP contribution in [0.1, 0.15) is 28.8 Å². The molecule has 0 aromatic heterocycles. The maximum atomic E-state index is 12.2. The SMILES string of the molecule is O=C(NCc1ccccc1)C(=O)Nc1ccccc1C(=O)NC1CC1. The van der Waals surface area contributed by atoms with Crippen molar-refractivity contribution in [2.24, 2.45) is 0 Å². The zero-order chi connectivity index (χ0) is 17.6. The van der Waals surface area contributed by atoms with Crippen LogP contribution in [-0.2, 0) is 16.1 Å². The van der Waals surface area contributed by atoms with Gasteiger partial charge in [0.1, 0.15) is 0 Å². The Hall–Kier alpha value is -3.15. The summed E-state index contributed by atoms with van der Waals surface area (Å²) in [6.07, 6.45) is 1.95. The van der Waals surface area contributed by atoms with Gasteiger partial charge in [0.2, 0.25) is 0 Å². The Morgan fingerprint density at radius 3 is 2.28 bits per heavy atom. The van der Waals surface area contributed by atoms with E-state index in [1.165, 1.54) is 0 Å². The smallest absolute Gasteiger partial charge is 0.313 e. The van der Waals surface area contributed by atoms with Crippen LogP contribution in [0.2, 0.25) is 0 Å². The van der Waals surface area contributed by atoms with Crippen molar-refractivity contribution in [2.75, 3.05) is 5.32 Å². The Kier molecular flexibility index (Phi) is 5.09. The van der Waals surface area contributed by atoms with E-state index in [2.05, 4.69) is 16.0 Å². The largest absolute Gasteiger partial charge is 0.349 e. The van der Waals surface area contributed by atoms with Gasteiger partial charge in [-0.15, -0.1) is 0 Å². The number of hydrogen-bond acceptors (Lipinski definition) is 3. The van der Waals surface area contributed by atoms with Gasteiger partial charge in [0.05, 0.1) is 11.3 Å². The van der Waals surface area contributed by atoms with Gasteiger partial charge < -0.3 is 16.0 Å². The second-order valence-electron chi connectivity index (χ2n) is 5.92. The van der Waals surface area contributed by atoms with E-state index < -0.39 is 11.8 Å². The maximum Gasteiger partial charge on any atom is 0.313 e. The number of nitrogens with one attached hydrogen (secondary N) is 3. The average Bonchev–Trinajstić information content (AvgIpc) is 3.45. The topological polar surface area (TPSA) is 87.3 Å². The summed E-state index contributed by atoms with van der Waals surface area (Å²) < 4.78 is 0. The van der Waals surface area contributed by atoms with Gasteiger partial charge in [0, 0.05) is 12.6 Å². The van der Waals surface area contributed by atoms with Gasteiger partial charge in [-0.05, 0) is 30.5 Å². The predicted octanol–water partition coefficient (Wildman–Crippen LogP) is 1.83. The molecule has 3 N–H and O–H groups in total. The zero-order valence-corrected chi connectivity index (χ0v) is 13.6. The Morgan fingerprint density at radius 2 is 1.56 bits per heavy atom. The molecule has 3 rings (SSSR count). The second kappa shape index (κ2) is 7.61. The van der Waals surface area contributed by atoms with Crippen molar-refractivity contribution in [3.05, 3.63) is 65.7 Å². The quantitative estimate of drug-likeness (QED) is 0.728. The van der Waals surface area contributed by atoms with E-state index >= 15 is 0 Å². The van der Waals surface area contributed by atoms with E-state index in [4.69, 9.17) is 0 Å². The highest BCUT2D eigenvalue weighted by Crippen LogP contribution is 2.21. The van der Waals surface area contributed by atoms with Crippen molar-refractivity contribution in [3.63, 3.8) is 0 Å². The molecule has 0 atom stereocenters. The first-order chi connectivity index (χ1) is 12.1. The summed E-state index contributed by atoms with van der Waals surface area (Å²) in [5.41, 5.74) is 1.56. The fourth-order valence-corrected chi connectivity index (χ4v) is 2.32. The maximum absolute atomic E-state index is 12.2. The molecule has 0 saturated heterocycles. The molecular formula is C19H19N3O3. The summed E-state index contributed by atoms with van der Waals surface area (Å²) in [4.78, 5) is 36.3. The van der Waals surface area contributed by atoms with Gasteiger partial charge >= 0.3 is 11.8 Å². The van der Waals surface area contributed by atoms with Crippen molar-refractivity contribution in [2.45, 2.75) is 25.4 Å². The molecule has 1 aliphatic rings.